The molecule has 0 aliphatic carbocycles. The van der Waals surface area contributed by atoms with Crippen LogP contribution in [0.5, 0.6) is 0 Å². The first-order valence-corrected chi connectivity index (χ1v) is 8.96. The third-order valence-corrected chi connectivity index (χ3v) is 4.63. The Morgan fingerprint density at radius 2 is 1.41 bits per heavy atom. The number of anilines is 1. The number of imide groups is 1. The van der Waals surface area contributed by atoms with Gasteiger partial charge in [-0.2, -0.15) is 0 Å². The first kappa shape index (κ1) is 18.6. The van der Waals surface area contributed by atoms with Crippen molar-refractivity contribution in [1.82, 2.24) is 4.90 Å². The topological polar surface area (TPSA) is 49.4 Å². The Hall–Kier alpha value is -3.80. The first-order chi connectivity index (χ1) is 14.0. The molecule has 4 nitrogen and oxygen atoms in total. The number of hydrogen-bond donors (Lipinski definition) is 1. The molecular formula is C23H16F2N2O2. The van der Waals surface area contributed by atoms with Gasteiger partial charge in [-0.1, -0.05) is 48.5 Å². The van der Waals surface area contributed by atoms with E-state index in [0.717, 1.165) is 4.90 Å². The summed E-state index contributed by atoms with van der Waals surface area (Å²) < 4.78 is 27.4. The summed E-state index contributed by atoms with van der Waals surface area (Å²) in [7, 11) is 0. The second kappa shape index (κ2) is 7.67. The number of halogens is 2. The summed E-state index contributed by atoms with van der Waals surface area (Å²) in [5.74, 6) is -2.09. The van der Waals surface area contributed by atoms with Gasteiger partial charge in [0.1, 0.15) is 17.3 Å². The largest absolute Gasteiger partial charge is 0.350 e. The molecule has 0 fully saturated rings. The van der Waals surface area contributed by atoms with E-state index < -0.39 is 23.4 Å². The van der Waals surface area contributed by atoms with Crippen LogP contribution in [0, 0.1) is 11.6 Å². The van der Waals surface area contributed by atoms with Gasteiger partial charge in [0.2, 0.25) is 0 Å². The van der Waals surface area contributed by atoms with Crippen molar-refractivity contribution in [1.29, 1.82) is 0 Å². The standard InChI is InChI=1S/C23H16F2N2O2/c24-17-12-10-15(11-13-17)20-21(26-18-7-2-1-3-8-18)23(29)27(22(20)28)14-16-6-4-5-9-19(16)25/h1-13,26H,14H2. The predicted molar refractivity (Wildman–Crippen MR) is 105 cm³/mol. The molecule has 2 amide bonds. The molecular weight excluding hydrogens is 374 g/mol. The molecule has 0 saturated carbocycles. The highest BCUT2D eigenvalue weighted by atomic mass is 19.1. The lowest BCUT2D eigenvalue weighted by Crippen LogP contribution is -2.32. The quantitative estimate of drug-likeness (QED) is 0.659. The maximum absolute atomic E-state index is 14.1. The van der Waals surface area contributed by atoms with Crippen LogP contribution in [0.2, 0.25) is 0 Å². The van der Waals surface area contributed by atoms with E-state index in [1.54, 1.807) is 30.3 Å². The van der Waals surface area contributed by atoms with Crippen molar-refractivity contribution in [3.8, 4) is 0 Å². The van der Waals surface area contributed by atoms with E-state index in [2.05, 4.69) is 5.32 Å². The van der Waals surface area contributed by atoms with Gasteiger partial charge < -0.3 is 5.32 Å². The minimum absolute atomic E-state index is 0.0733. The zero-order valence-electron chi connectivity index (χ0n) is 15.2. The summed E-state index contributed by atoms with van der Waals surface area (Å²) in [4.78, 5) is 27.2. The van der Waals surface area contributed by atoms with Gasteiger partial charge in [0, 0.05) is 11.3 Å². The normalized spacial score (nSPS) is 13.9. The molecule has 0 radical (unpaired) electrons. The van der Waals surface area contributed by atoms with Crippen LogP contribution in [0.3, 0.4) is 0 Å². The van der Waals surface area contributed by atoms with Crippen molar-refractivity contribution in [2.24, 2.45) is 0 Å². The highest BCUT2D eigenvalue weighted by Gasteiger charge is 2.39. The third kappa shape index (κ3) is 3.65. The van der Waals surface area contributed by atoms with Gasteiger partial charge in [-0.25, -0.2) is 8.78 Å². The van der Waals surface area contributed by atoms with Crippen molar-refractivity contribution in [2.75, 3.05) is 5.32 Å². The van der Waals surface area contributed by atoms with E-state index in [0.29, 0.717) is 11.3 Å². The highest BCUT2D eigenvalue weighted by molar-refractivity contribution is 6.36. The molecule has 1 aliphatic heterocycles. The summed E-state index contributed by atoms with van der Waals surface area (Å²) in [5, 5.41) is 2.99. The maximum atomic E-state index is 14.1. The lowest BCUT2D eigenvalue weighted by Gasteiger charge is -2.16. The molecule has 0 atom stereocenters. The summed E-state index contributed by atoms with van der Waals surface area (Å²) in [5.41, 5.74) is 1.45. The average molecular weight is 390 g/mol. The molecule has 1 N–H and O–H groups in total. The lowest BCUT2D eigenvalue weighted by atomic mass is 10.0. The highest BCUT2D eigenvalue weighted by Crippen LogP contribution is 2.31. The zero-order chi connectivity index (χ0) is 20.4. The molecule has 29 heavy (non-hydrogen) atoms. The molecule has 0 unspecified atom stereocenters. The van der Waals surface area contributed by atoms with Crippen molar-refractivity contribution < 1.29 is 18.4 Å². The number of nitrogens with zero attached hydrogens (tertiary/aromatic N) is 1. The number of para-hydroxylation sites is 1. The fourth-order valence-electron chi connectivity index (χ4n) is 3.18. The Morgan fingerprint density at radius 3 is 2.10 bits per heavy atom. The Bertz CT molecular complexity index is 1110. The summed E-state index contributed by atoms with van der Waals surface area (Å²) in [6, 6.07) is 20.2. The predicted octanol–water partition coefficient (Wildman–Crippen LogP) is 4.36. The van der Waals surface area contributed by atoms with Gasteiger partial charge in [-0.15, -0.1) is 0 Å². The van der Waals surface area contributed by atoms with Crippen LogP contribution in [-0.2, 0) is 16.1 Å². The van der Waals surface area contributed by atoms with Crippen LogP contribution in [0.4, 0.5) is 14.5 Å². The van der Waals surface area contributed by atoms with E-state index in [-0.39, 0.29) is 23.4 Å². The first-order valence-electron chi connectivity index (χ1n) is 8.96. The van der Waals surface area contributed by atoms with Gasteiger partial charge in [0.15, 0.2) is 0 Å². The van der Waals surface area contributed by atoms with Crippen molar-refractivity contribution in [3.05, 3.63) is 107 Å². The van der Waals surface area contributed by atoms with E-state index >= 15 is 0 Å². The summed E-state index contributed by atoms with van der Waals surface area (Å²) in [6.07, 6.45) is 0. The van der Waals surface area contributed by atoms with E-state index in [9.17, 15) is 18.4 Å². The van der Waals surface area contributed by atoms with Crippen molar-refractivity contribution in [3.63, 3.8) is 0 Å². The molecule has 6 heteroatoms. The van der Waals surface area contributed by atoms with Crippen molar-refractivity contribution in [2.45, 2.75) is 6.54 Å². The Kier molecular flexibility index (Phi) is 4.91. The SMILES string of the molecule is O=C1C(Nc2ccccc2)=C(c2ccc(F)cc2)C(=O)N1Cc1ccccc1F. The smallest absolute Gasteiger partial charge is 0.278 e. The van der Waals surface area contributed by atoms with Crippen LogP contribution >= 0.6 is 0 Å². The van der Waals surface area contributed by atoms with Gasteiger partial charge in [0.05, 0.1) is 12.1 Å². The number of nitrogens with one attached hydrogen (secondary N) is 1. The Balaban J connectivity index is 1.75. The van der Waals surface area contributed by atoms with Gasteiger partial charge in [0.25, 0.3) is 11.8 Å². The molecule has 4 rings (SSSR count). The van der Waals surface area contributed by atoms with E-state index in [1.807, 2.05) is 6.07 Å². The van der Waals surface area contributed by atoms with Gasteiger partial charge >= 0.3 is 0 Å². The molecule has 144 valence electrons. The second-order valence-corrected chi connectivity index (χ2v) is 6.54. The lowest BCUT2D eigenvalue weighted by molar-refractivity contribution is -0.137. The van der Waals surface area contributed by atoms with Crippen LogP contribution in [0.25, 0.3) is 5.57 Å². The molecule has 0 aromatic heterocycles. The van der Waals surface area contributed by atoms with Gasteiger partial charge in [-0.3, -0.25) is 14.5 Å². The fourth-order valence-corrected chi connectivity index (χ4v) is 3.18. The summed E-state index contributed by atoms with van der Waals surface area (Å²) >= 11 is 0. The minimum atomic E-state index is -0.568. The number of hydrogen-bond acceptors (Lipinski definition) is 3. The monoisotopic (exact) mass is 390 g/mol. The van der Waals surface area contributed by atoms with Gasteiger partial charge in [-0.05, 0) is 35.9 Å². The van der Waals surface area contributed by atoms with Crippen LogP contribution in [-0.4, -0.2) is 16.7 Å². The number of carbonyl (C=O) groups excluding carboxylic acids is 2. The molecule has 0 bridgehead atoms. The van der Waals surface area contributed by atoms with Crippen LogP contribution in [0.1, 0.15) is 11.1 Å². The number of benzene rings is 3. The molecule has 3 aromatic carbocycles. The van der Waals surface area contributed by atoms with Crippen molar-refractivity contribution >= 4 is 23.1 Å². The molecule has 1 aliphatic rings. The zero-order valence-corrected chi connectivity index (χ0v) is 15.2. The Labute approximate surface area is 166 Å². The summed E-state index contributed by atoms with van der Waals surface area (Å²) in [6.45, 7) is -0.199. The molecule has 3 aromatic rings. The molecule has 1 heterocycles. The van der Waals surface area contributed by atoms with Crippen LogP contribution < -0.4 is 5.32 Å². The van der Waals surface area contributed by atoms with Crippen LogP contribution in [0.15, 0.2) is 84.6 Å². The fraction of sp³-hybridized carbons (Fsp3) is 0.0435. The van der Waals surface area contributed by atoms with E-state index in [4.69, 9.17) is 0 Å². The maximum Gasteiger partial charge on any atom is 0.278 e. The minimum Gasteiger partial charge on any atom is -0.350 e. The average Bonchev–Trinajstić information content (AvgIpc) is 2.95. The van der Waals surface area contributed by atoms with E-state index in [1.165, 1.54) is 42.5 Å². The third-order valence-electron chi connectivity index (χ3n) is 4.63. The molecule has 0 spiro atoms. The number of amides is 2. The second-order valence-electron chi connectivity index (χ2n) is 6.54. The molecule has 0 saturated heterocycles. The number of carbonyl (C=O) groups is 2. The Morgan fingerprint density at radius 1 is 0.759 bits per heavy atom. The number of rotatable bonds is 5.